The van der Waals surface area contributed by atoms with Crippen molar-refractivity contribution in [3.63, 3.8) is 0 Å². The fraction of sp³-hybridized carbons (Fsp3) is 0.258. The number of hydrogen-bond acceptors (Lipinski definition) is 9. The smallest absolute Gasteiger partial charge is 0.338 e. The summed E-state index contributed by atoms with van der Waals surface area (Å²) >= 11 is 7.22. The Balaban J connectivity index is 1.66. The van der Waals surface area contributed by atoms with E-state index >= 15 is 0 Å². The number of thiazole rings is 1. The molecule has 42 heavy (non-hydrogen) atoms. The van der Waals surface area contributed by atoms with Crippen molar-refractivity contribution >= 4 is 35.0 Å². The summed E-state index contributed by atoms with van der Waals surface area (Å²) in [4.78, 5) is 32.6. The number of methoxy groups -OCH3 is 2. The third-order valence-corrected chi connectivity index (χ3v) is 7.84. The molecule has 0 aliphatic carbocycles. The Morgan fingerprint density at radius 2 is 1.90 bits per heavy atom. The van der Waals surface area contributed by atoms with Crippen LogP contribution in [0.15, 0.2) is 80.1 Å². The minimum absolute atomic E-state index is 0.0497. The monoisotopic (exact) mass is 608 g/mol. The van der Waals surface area contributed by atoms with Gasteiger partial charge in [0.05, 0.1) is 36.1 Å². The Bertz CT molecular complexity index is 1820. The predicted molar refractivity (Wildman–Crippen MR) is 160 cm³/mol. The van der Waals surface area contributed by atoms with Crippen LogP contribution >= 0.6 is 22.9 Å². The molecule has 218 valence electrons. The van der Waals surface area contributed by atoms with Gasteiger partial charge in [0.1, 0.15) is 24.2 Å². The highest BCUT2D eigenvalue weighted by atomic mass is 35.5. The molecular formula is C31H29ClN2O7S. The van der Waals surface area contributed by atoms with E-state index in [1.165, 1.54) is 30.1 Å². The Morgan fingerprint density at radius 3 is 2.62 bits per heavy atom. The van der Waals surface area contributed by atoms with Crippen molar-refractivity contribution in [1.82, 2.24) is 4.57 Å². The Kier molecular flexibility index (Phi) is 8.96. The number of allylic oxidation sites excluding steroid dienone is 1. The zero-order valence-corrected chi connectivity index (χ0v) is 25.1. The molecule has 0 unspecified atom stereocenters. The number of ether oxygens (including phenoxy) is 4. The van der Waals surface area contributed by atoms with Crippen molar-refractivity contribution in [1.29, 1.82) is 0 Å². The highest BCUT2D eigenvalue weighted by molar-refractivity contribution is 7.07. The number of carbonyl (C=O) groups excluding carboxylic acids is 1. The van der Waals surface area contributed by atoms with Crippen LogP contribution in [-0.2, 0) is 14.3 Å². The molecule has 3 heterocycles. The van der Waals surface area contributed by atoms with Crippen LogP contribution in [0.2, 0.25) is 5.02 Å². The number of esters is 1. The number of fused-ring (bicyclic) bond motifs is 1. The fourth-order valence-electron chi connectivity index (χ4n) is 4.71. The largest absolute Gasteiger partial charge is 0.493 e. The summed E-state index contributed by atoms with van der Waals surface area (Å²) in [6.07, 6.45) is 1.67. The van der Waals surface area contributed by atoms with Gasteiger partial charge in [0.25, 0.3) is 5.56 Å². The molecule has 5 rings (SSSR count). The first-order valence-electron chi connectivity index (χ1n) is 13.2. The minimum atomic E-state index is -0.878. The van der Waals surface area contributed by atoms with Crippen LogP contribution in [0.1, 0.15) is 31.2 Å². The van der Waals surface area contributed by atoms with Gasteiger partial charge < -0.3 is 23.4 Å². The summed E-state index contributed by atoms with van der Waals surface area (Å²) in [6, 6.07) is 15.4. The Morgan fingerprint density at radius 1 is 1.12 bits per heavy atom. The Labute approximate surface area is 250 Å². The number of halogens is 1. The van der Waals surface area contributed by atoms with Gasteiger partial charge in [-0.2, -0.15) is 0 Å². The first kappa shape index (κ1) is 29.4. The van der Waals surface area contributed by atoms with Gasteiger partial charge in [-0.1, -0.05) is 35.1 Å². The van der Waals surface area contributed by atoms with Crippen LogP contribution < -0.4 is 24.4 Å². The number of aromatic nitrogens is 1. The van der Waals surface area contributed by atoms with Crippen molar-refractivity contribution in [3.8, 4) is 22.8 Å². The highest BCUT2D eigenvalue weighted by Crippen LogP contribution is 2.40. The molecule has 0 saturated carbocycles. The predicted octanol–water partition coefficient (Wildman–Crippen LogP) is 4.75. The van der Waals surface area contributed by atoms with Crippen LogP contribution in [0.4, 0.5) is 0 Å². The minimum Gasteiger partial charge on any atom is -0.493 e. The molecule has 11 heteroatoms. The van der Waals surface area contributed by atoms with E-state index in [1.807, 2.05) is 25.1 Å². The maximum absolute atomic E-state index is 14.0. The van der Waals surface area contributed by atoms with Crippen molar-refractivity contribution in [2.45, 2.75) is 19.9 Å². The van der Waals surface area contributed by atoms with Crippen LogP contribution in [0.3, 0.4) is 0 Å². The van der Waals surface area contributed by atoms with Gasteiger partial charge in [-0.3, -0.25) is 9.36 Å². The SMILES string of the molecule is CCOc1c(OC)cccc1[C@@H]1C(C(=O)OCCOC)=C(C)N=c2s/c(=C/c3ccc(-c4ccc(Cl)cc4)o3)c(=O)n21. The lowest BCUT2D eigenvalue weighted by Crippen LogP contribution is -2.40. The number of carbonyl (C=O) groups is 1. The second-order valence-electron chi connectivity index (χ2n) is 9.23. The molecule has 0 amide bonds. The fourth-order valence-corrected chi connectivity index (χ4v) is 5.86. The van der Waals surface area contributed by atoms with E-state index in [0.29, 0.717) is 55.2 Å². The van der Waals surface area contributed by atoms with Gasteiger partial charge in [-0.15, -0.1) is 0 Å². The molecule has 9 nitrogen and oxygen atoms in total. The molecule has 0 bridgehead atoms. The van der Waals surface area contributed by atoms with Gasteiger partial charge in [0.2, 0.25) is 0 Å². The molecule has 1 aliphatic rings. The summed E-state index contributed by atoms with van der Waals surface area (Å²) in [6.45, 7) is 4.20. The van der Waals surface area contributed by atoms with Crippen LogP contribution in [0.25, 0.3) is 17.4 Å². The zero-order valence-electron chi connectivity index (χ0n) is 23.5. The number of furan rings is 1. The van der Waals surface area contributed by atoms with E-state index in [4.69, 9.17) is 35.0 Å². The van der Waals surface area contributed by atoms with E-state index in [2.05, 4.69) is 4.99 Å². The standard InChI is InChI=1S/C31H29ClN2O7S/c1-5-39-28-22(7-6-8-24(28)38-4)27-26(30(36)40-16-15-37-3)18(2)33-31-34(27)29(35)25(42-31)17-21-13-14-23(41-21)19-9-11-20(32)12-10-19/h6-14,17,27H,5,15-16H2,1-4H3/b25-17+/t27-/m1/s1. The second-order valence-corrected chi connectivity index (χ2v) is 10.7. The third-order valence-electron chi connectivity index (χ3n) is 6.60. The molecule has 0 N–H and O–H groups in total. The van der Waals surface area contributed by atoms with E-state index in [0.717, 1.165) is 5.56 Å². The van der Waals surface area contributed by atoms with Crippen molar-refractivity contribution < 1.29 is 28.2 Å². The molecule has 2 aromatic carbocycles. The Hall–Kier alpha value is -4.12. The molecule has 1 atom stereocenters. The van der Waals surface area contributed by atoms with E-state index < -0.39 is 12.0 Å². The zero-order chi connectivity index (χ0) is 29.8. The van der Waals surface area contributed by atoms with E-state index in [9.17, 15) is 9.59 Å². The summed E-state index contributed by atoms with van der Waals surface area (Å²) in [5, 5.41) is 0.627. The second kappa shape index (κ2) is 12.8. The first-order chi connectivity index (χ1) is 20.4. The normalized spacial score (nSPS) is 14.9. The highest BCUT2D eigenvalue weighted by Gasteiger charge is 2.36. The number of para-hydroxylation sites is 1. The quantitative estimate of drug-likeness (QED) is 0.189. The van der Waals surface area contributed by atoms with Gasteiger partial charge >= 0.3 is 5.97 Å². The molecule has 0 radical (unpaired) electrons. The van der Waals surface area contributed by atoms with Crippen LogP contribution in [0, 0.1) is 0 Å². The molecular weight excluding hydrogens is 580 g/mol. The first-order valence-corrected chi connectivity index (χ1v) is 14.4. The summed E-state index contributed by atoms with van der Waals surface area (Å²) in [5.41, 5.74) is 1.74. The van der Waals surface area contributed by atoms with Gasteiger partial charge in [0.15, 0.2) is 16.3 Å². The van der Waals surface area contributed by atoms with Gasteiger partial charge in [-0.05, 0) is 56.3 Å². The van der Waals surface area contributed by atoms with Crippen LogP contribution in [-0.4, -0.2) is 44.6 Å². The van der Waals surface area contributed by atoms with Crippen molar-refractivity contribution in [3.05, 3.63) is 102 Å². The summed E-state index contributed by atoms with van der Waals surface area (Å²) < 4.78 is 30.0. The lowest BCUT2D eigenvalue weighted by molar-refractivity contribution is -0.140. The van der Waals surface area contributed by atoms with Gasteiger partial charge in [-0.25, -0.2) is 9.79 Å². The lowest BCUT2D eigenvalue weighted by atomic mass is 9.94. The average Bonchev–Trinajstić information content (AvgIpc) is 3.57. The lowest BCUT2D eigenvalue weighted by Gasteiger charge is -2.27. The molecule has 0 fully saturated rings. The molecule has 0 spiro atoms. The number of nitrogens with zero attached hydrogens (tertiary/aromatic N) is 2. The number of benzene rings is 2. The maximum Gasteiger partial charge on any atom is 0.338 e. The van der Waals surface area contributed by atoms with Crippen molar-refractivity contribution in [2.75, 3.05) is 34.0 Å². The van der Waals surface area contributed by atoms with E-state index in [1.54, 1.807) is 49.4 Å². The average molecular weight is 609 g/mol. The number of rotatable bonds is 10. The molecule has 2 aromatic heterocycles. The third kappa shape index (κ3) is 5.78. The number of hydrogen-bond donors (Lipinski definition) is 0. The van der Waals surface area contributed by atoms with Crippen LogP contribution in [0.5, 0.6) is 11.5 Å². The maximum atomic E-state index is 14.0. The van der Waals surface area contributed by atoms with E-state index in [-0.39, 0.29) is 24.3 Å². The molecule has 0 saturated heterocycles. The van der Waals surface area contributed by atoms with Gasteiger partial charge in [0, 0.05) is 29.3 Å². The topological polar surface area (TPSA) is 101 Å². The molecule has 1 aliphatic heterocycles. The van der Waals surface area contributed by atoms with Crippen molar-refractivity contribution in [2.24, 2.45) is 4.99 Å². The summed E-state index contributed by atoms with van der Waals surface area (Å²) in [7, 11) is 3.06. The molecule has 4 aromatic rings. The summed E-state index contributed by atoms with van der Waals surface area (Å²) in [5.74, 6) is 1.43.